The van der Waals surface area contributed by atoms with Gasteiger partial charge in [-0.1, -0.05) is 32.0 Å². The molecule has 0 atom stereocenters. The van der Waals surface area contributed by atoms with Crippen LogP contribution in [0.4, 0.5) is 11.4 Å². The van der Waals surface area contributed by atoms with E-state index < -0.39 is 0 Å². The van der Waals surface area contributed by atoms with Crippen LogP contribution in [0.2, 0.25) is 0 Å². The number of benzodiazepines with no additional fused rings is 1. The summed E-state index contributed by atoms with van der Waals surface area (Å²) in [5, 5.41) is 0.562. The van der Waals surface area contributed by atoms with Crippen LogP contribution in [-0.4, -0.2) is 30.5 Å². The van der Waals surface area contributed by atoms with Crippen molar-refractivity contribution in [1.29, 1.82) is 0 Å². The summed E-state index contributed by atoms with van der Waals surface area (Å²) in [6.07, 6.45) is 2.24. The van der Waals surface area contributed by atoms with Gasteiger partial charge >= 0.3 is 0 Å². The van der Waals surface area contributed by atoms with E-state index >= 15 is 0 Å². The monoisotopic (exact) mass is 367 g/mol. The molecule has 0 radical (unpaired) electrons. The Morgan fingerprint density at radius 3 is 2.62 bits per heavy atom. The highest BCUT2D eigenvalue weighted by Crippen LogP contribution is 2.34. The second-order valence-corrected chi connectivity index (χ2v) is 7.79. The number of nitrogens with zero attached hydrogens (tertiary/aromatic N) is 2. The lowest BCUT2D eigenvalue weighted by atomic mass is 9.99. The smallest absolute Gasteiger partial charge is 0.248 e. The lowest BCUT2D eigenvalue weighted by molar-refractivity contribution is -0.116. The van der Waals surface area contributed by atoms with Gasteiger partial charge in [0.25, 0.3) is 0 Å². The Bertz CT molecular complexity index is 843. The molecule has 0 saturated heterocycles. The van der Waals surface area contributed by atoms with Gasteiger partial charge in [0.05, 0.1) is 11.4 Å². The first-order chi connectivity index (χ1) is 12.5. The van der Waals surface area contributed by atoms with Crippen LogP contribution in [0.3, 0.4) is 0 Å². The quantitative estimate of drug-likeness (QED) is 0.631. The number of anilines is 2. The molecule has 1 aliphatic heterocycles. The van der Waals surface area contributed by atoms with E-state index in [0.717, 1.165) is 35.4 Å². The second-order valence-electron chi connectivity index (χ2n) is 6.45. The van der Waals surface area contributed by atoms with Crippen LogP contribution in [-0.2, 0) is 4.79 Å². The Labute approximate surface area is 159 Å². The SMILES string of the molecule is CCC(CC)Sc1ccccc1C1=NCC(=O)N(C)c2ccc(N)cc21. The van der Waals surface area contributed by atoms with Crippen LogP contribution in [0.1, 0.15) is 37.8 Å². The van der Waals surface area contributed by atoms with E-state index in [2.05, 4.69) is 37.0 Å². The highest BCUT2D eigenvalue weighted by atomic mass is 32.2. The third-order valence-electron chi connectivity index (χ3n) is 4.73. The Kier molecular flexibility index (Phi) is 5.67. The van der Waals surface area contributed by atoms with Crippen molar-refractivity contribution in [2.24, 2.45) is 4.99 Å². The minimum Gasteiger partial charge on any atom is -0.399 e. The first kappa shape index (κ1) is 18.5. The molecule has 0 aliphatic carbocycles. The fourth-order valence-corrected chi connectivity index (χ4v) is 4.28. The standard InChI is InChI=1S/C21H25N3OS/c1-4-15(5-2)26-19-9-7-6-8-16(19)21-17-12-14(22)10-11-18(17)24(3)20(25)13-23-21/h6-12,15H,4-5,13,22H2,1-3H3. The number of rotatable bonds is 5. The fraction of sp³-hybridized carbons (Fsp3) is 0.333. The third-order valence-corrected chi connectivity index (χ3v) is 6.34. The molecule has 1 amide bonds. The molecule has 0 aromatic heterocycles. The Morgan fingerprint density at radius 1 is 1.15 bits per heavy atom. The molecule has 2 aromatic carbocycles. The molecular weight excluding hydrogens is 342 g/mol. The molecule has 2 N–H and O–H groups in total. The fourth-order valence-electron chi connectivity index (χ4n) is 3.14. The van der Waals surface area contributed by atoms with E-state index in [1.165, 1.54) is 4.90 Å². The zero-order chi connectivity index (χ0) is 18.7. The molecule has 3 rings (SSSR count). The van der Waals surface area contributed by atoms with Gasteiger partial charge in [-0.3, -0.25) is 9.79 Å². The third kappa shape index (κ3) is 3.63. The maximum atomic E-state index is 12.4. The van der Waals surface area contributed by atoms with Crippen LogP contribution >= 0.6 is 11.8 Å². The number of thioether (sulfide) groups is 1. The maximum Gasteiger partial charge on any atom is 0.248 e. The molecule has 136 valence electrons. The van der Waals surface area contributed by atoms with Gasteiger partial charge in [-0.05, 0) is 37.1 Å². The number of nitrogen functional groups attached to an aromatic ring is 1. The van der Waals surface area contributed by atoms with E-state index in [1.54, 1.807) is 11.9 Å². The summed E-state index contributed by atoms with van der Waals surface area (Å²) in [7, 11) is 1.79. The number of fused-ring (bicyclic) bond motifs is 1. The van der Waals surface area contributed by atoms with Crippen LogP contribution < -0.4 is 10.6 Å². The van der Waals surface area contributed by atoms with Gasteiger partial charge in [0.1, 0.15) is 6.54 Å². The molecule has 0 saturated carbocycles. The van der Waals surface area contributed by atoms with E-state index in [9.17, 15) is 4.79 Å². The van der Waals surface area contributed by atoms with Crippen LogP contribution in [0.15, 0.2) is 52.4 Å². The van der Waals surface area contributed by atoms with Crippen LogP contribution in [0.25, 0.3) is 0 Å². The van der Waals surface area contributed by atoms with Gasteiger partial charge < -0.3 is 10.6 Å². The Hall–Kier alpha value is -2.27. The van der Waals surface area contributed by atoms with Crippen molar-refractivity contribution in [1.82, 2.24) is 0 Å². The van der Waals surface area contributed by atoms with Crippen molar-refractivity contribution >= 4 is 34.8 Å². The summed E-state index contributed by atoms with van der Waals surface area (Å²) < 4.78 is 0. The lowest BCUT2D eigenvalue weighted by Crippen LogP contribution is -2.27. The summed E-state index contributed by atoms with van der Waals surface area (Å²) in [6.45, 7) is 4.58. The van der Waals surface area contributed by atoms with Gasteiger partial charge in [-0.15, -0.1) is 11.8 Å². The number of hydrogen-bond donors (Lipinski definition) is 1. The van der Waals surface area contributed by atoms with E-state index in [4.69, 9.17) is 5.73 Å². The summed E-state index contributed by atoms with van der Waals surface area (Å²) in [4.78, 5) is 19.9. The molecular formula is C21H25N3OS. The minimum atomic E-state index is -0.0175. The molecule has 26 heavy (non-hydrogen) atoms. The number of nitrogens with two attached hydrogens (primary N) is 1. The number of carbonyl (C=O) groups is 1. The van der Waals surface area contributed by atoms with Crippen molar-refractivity contribution in [3.8, 4) is 0 Å². The van der Waals surface area contributed by atoms with Gasteiger partial charge in [-0.25, -0.2) is 0 Å². The molecule has 2 aromatic rings. The first-order valence-corrected chi connectivity index (χ1v) is 9.90. The number of carbonyl (C=O) groups excluding carboxylic acids is 1. The summed E-state index contributed by atoms with van der Waals surface area (Å²) in [5.74, 6) is -0.0175. The average molecular weight is 368 g/mol. The van der Waals surface area contributed by atoms with Gasteiger partial charge in [-0.2, -0.15) is 0 Å². The summed E-state index contributed by atoms with van der Waals surface area (Å²) in [5.41, 5.74) is 10.4. The number of aliphatic imine (C=N–C) groups is 1. The Morgan fingerprint density at radius 2 is 1.88 bits per heavy atom. The minimum absolute atomic E-state index is 0.0175. The molecule has 0 fully saturated rings. The Balaban J connectivity index is 2.14. The molecule has 0 spiro atoms. The van der Waals surface area contributed by atoms with Crippen LogP contribution in [0, 0.1) is 0 Å². The maximum absolute atomic E-state index is 12.4. The molecule has 5 heteroatoms. The van der Waals surface area contributed by atoms with Gasteiger partial charge in [0.15, 0.2) is 0 Å². The number of hydrogen-bond acceptors (Lipinski definition) is 4. The molecule has 1 heterocycles. The summed E-state index contributed by atoms with van der Waals surface area (Å²) in [6, 6.07) is 14.0. The van der Waals surface area contributed by atoms with E-state index in [1.807, 2.05) is 36.0 Å². The van der Waals surface area contributed by atoms with Crippen molar-refractivity contribution in [3.63, 3.8) is 0 Å². The second kappa shape index (κ2) is 7.96. The topological polar surface area (TPSA) is 58.7 Å². The largest absolute Gasteiger partial charge is 0.399 e. The summed E-state index contributed by atoms with van der Waals surface area (Å²) >= 11 is 1.89. The number of benzene rings is 2. The van der Waals surface area contributed by atoms with Crippen molar-refractivity contribution in [3.05, 3.63) is 53.6 Å². The zero-order valence-electron chi connectivity index (χ0n) is 15.5. The van der Waals surface area contributed by atoms with E-state index in [-0.39, 0.29) is 12.5 Å². The predicted octanol–water partition coefficient (Wildman–Crippen LogP) is 4.36. The normalized spacial score (nSPS) is 14.2. The van der Waals surface area contributed by atoms with Crippen LogP contribution in [0.5, 0.6) is 0 Å². The predicted molar refractivity (Wildman–Crippen MR) is 111 cm³/mol. The number of amides is 1. The van der Waals surface area contributed by atoms with Crippen molar-refractivity contribution < 1.29 is 4.79 Å². The van der Waals surface area contributed by atoms with E-state index in [0.29, 0.717) is 10.9 Å². The highest BCUT2D eigenvalue weighted by molar-refractivity contribution is 8.00. The van der Waals surface area contributed by atoms with Crippen molar-refractivity contribution in [2.75, 3.05) is 24.2 Å². The molecule has 0 bridgehead atoms. The lowest BCUT2D eigenvalue weighted by Gasteiger charge is -2.20. The zero-order valence-corrected chi connectivity index (χ0v) is 16.3. The molecule has 1 aliphatic rings. The highest BCUT2D eigenvalue weighted by Gasteiger charge is 2.24. The van der Waals surface area contributed by atoms with Gasteiger partial charge in [0, 0.05) is 34.0 Å². The average Bonchev–Trinajstić information content (AvgIpc) is 2.77. The molecule has 0 unspecified atom stereocenters. The number of likely N-dealkylation sites (N-methyl/N-ethyl adjacent to an activating group) is 1. The van der Waals surface area contributed by atoms with Crippen molar-refractivity contribution in [2.45, 2.75) is 36.8 Å². The molecule has 4 nitrogen and oxygen atoms in total. The van der Waals surface area contributed by atoms with Gasteiger partial charge in [0.2, 0.25) is 5.91 Å². The first-order valence-electron chi connectivity index (χ1n) is 9.02.